The van der Waals surface area contributed by atoms with Gasteiger partial charge in [-0.15, -0.1) is 0 Å². The second kappa shape index (κ2) is 5.38. The van der Waals surface area contributed by atoms with Gasteiger partial charge in [0.05, 0.1) is 5.69 Å². The summed E-state index contributed by atoms with van der Waals surface area (Å²) in [4.78, 5) is 13.9. The lowest BCUT2D eigenvalue weighted by atomic mass is 10.2. The number of amides is 1. The Balaban J connectivity index is 1.92. The monoisotopic (exact) mass is 296 g/mol. The van der Waals surface area contributed by atoms with Gasteiger partial charge in [0, 0.05) is 0 Å². The molecule has 0 aromatic heterocycles. The molecule has 1 saturated heterocycles. The maximum Gasteiger partial charge on any atom is 0.281 e. The number of thiocarbonyl (C=S) groups is 1. The molecule has 104 valence electrons. The molecule has 0 bridgehead atoms. The maximum absolute atomic E-state index is 12.4. The highest BCUT2D eigenvalue weighted by molar-refractivity contribution is 7.80. The van der Waals surface area contributed by atoms with Crippen molar-refractivity contribution in [1.29, 1.82) is 0 Å². The number of nitrogens with one attached hydrogen (secondary N) is 1. The van der Waals surface area contributed by atoms with E-state index in [-0.39, 0.29) is 11.7 Å². The number of benzene rings is 2. The van der Waals surface area contributed by atoms with Gasteiger partial charge in [-0.2, -0.15) is 0 Å². The molecule has 2 aromatic rings. The van der Waals surface area contributed by atoms with Crippen molar-refractivity contribution >= 4 is 35.0 Å². The second-order valence-corrected chi connectivity index (χ2v) is 4.94. The van der Waals surface area contributed by atoms with Crippen molar-refractivity contribution < 1.29 is 9.90 Å². The molecule has 0 aliphatic carbocycles. The van der Waals surface area contributed by atoms with Crippen LogP contribution in [0.1, 0.15) is 5.56 Å². The van der Waals surface area contributed by atoms with E-state index in [0.29, 0.717) is 10.8 Å². The highest BCUT2D eigenvalue weighted by Crippen LogP contribution is 2.22. The predicted octanol–water partition coefficient (Wildman–Crippen LogP) is 2.65. The minimum absolute atomic E-state index is 0.185. The van der Waals surface area contributed by atoms with Gasteiger partial charge in [-0.3, -0.25) is 9.69 Å². The standard InChI is InChI=1S/C16H12N2O2S/c19-13-8-6-11(7-9-13)10-14-15(20)18(16(21)17-14)12-4-2-1-3-5-12/h1-10,19H,(H,17,21)/b14-10+. The molecule has 0 unspecified atom stereocenters. The largest absolute Gasteiger partial charge is 0.508 e. The molecule has 0 radical (unpaired) electrons. The zero-order valence-electron chi connectivity index (χ0n) is 11.0. The van der Waals surface area contributed by atoms with E-state index in [1.165, 1.54) is 4.90 Å². The van der Waals surface area contributed by atoms with E-state index in [9.17, 15) is 9.90 Å². The molecular weight excluding hydrogens is 284 g/mol. The summed E-state index contributed by atoms with van der Waals surface area (Å²) in [5, 5.41) is 12.5. The minimum atomic E-state index is -0.195. The van der Waals surface area contributed by atoms with Gasteiger partial charge < -0.3 is 10.4 Å². The summed E-state index contributed by atoms with van der Waals surface area (Å²) in [6.07, 6.45) is 1.71. The van der Waals surface area contributed by atoms with Crippen LogP contribution in [-0.4, -0.2) is 16.1 Å². The normalized spacial score (nSPS) is 16.4. The summed E-state index contributed by atoms with van der Waals surface area (Å²) in [6.45, 7) is 0. The molecule has 1 heterocycles. The first-order chi connectivity index (χ1) is 10.1. The van der Waals surface area contributed by atoms with Gasteiger partial charge in [-0.1, -0.05) is 30.3 Å². The fourth-order valence-corrected chi connectivity index (χ4v) is 2.38. The van der Waals surface area contributed by atoms with E-state index in [4.69, 9.17) is 12.2 Å². The Hall–Kier alpha value is -2.66. The molecule has 1 aliphatic rings. The first kappa shape index (κ1) is 13.3. The quantitative estimate of drug-likeness (QED) is 0.661. The van der Waals surface area contributed by atoms with Gasteiger partial charge in [-0.25, -0.2) is 0 Å². The lowest BCUT2D eigenvalue weighted by Gasteiger charge is -2.13. The molecule has 1 amide bonds. The van der Waals surface area contributed by atoms with E-state index in [2.05, 4.69) is 5.32 Å². The van der Waals surface area contributed by atoms with E-state index < -0.39 is 0 Å². The number of hydrogen-bond donors (Lipinski definition) is 2. The van der Waals surface area contributed by atoms with Crippen LogP contribution in [0.15, 0.2) is 60.3 Å². The number of carbonyl (C=O) groups excluding carboxylic acids is 1. The van der Waals surface area contributed by atoms with Crippen LogP contribution in [0.3, 0.4) is 0 Å². The third-order valence-electron chi connectivity index (χ3n) is 3.10. The number of phenolic OH excluding ortho intramolecular Hbond substituents is 1. The van der Waals surface area contributed by atoms with Crippen molar-refractivity contribution in [3.63, 3.8) is 0 Å². The van der Waals surface area contributed by atoms with Gasteiger partial charge in [-0.05, 0) is 48.1 Å². The average molecular weight is 296 g/mol. The third kappa shape index (κ3) is 2.64. The fraction of sp³-hybridized carbons (Fsp3) is 0. The van der Waals surface area contributed by atoms with Crippen molar-refractivity contribution in [2.24, 2.45) is 0 Å². The summed E-state index contributed by atoms with van der Waals surface area (Å²) in [6, 6.07) is 15.8. The first-order valence-corrected chi connectivity index (χ1v) is 6.77. The van der Waals surface area contributed by atoms with Crippen LogP contribution in [0.25, 0.3) is 6.08 Å². The van der Waals surface area contributed by atoms with Crippen LogP contribution >= 0.6 is 12.2 Å². The number of anilines is 1. The number of phenols is 1. The van der Waals surface area contributed by atoms with Gasteiger partial charge in [0.2, 0.25) is 0 Å². The minimum Gasteiger partial charge on any atom is -0.508 e. The van der Waals surface area contributed by atoms with Crippen molar-refractivity contribution in [3.05, 3.63) is 65.9 Å². The number of para-hydroxylation sites is 1. The van der Waals surface area contributed by atoms with Crippen LogP contribution in [-0.2, 0) is 4.79 Å². The number of hydrogen-bond acceptors (Lipinski definition) is 3. The lowest BCUT2D eigenvalue weighted by Crippen LogP contribution is -2.30. The van der Waals surface area contributed by atoms with Crippen LogP contribution in [0.2, 0.25) is 0 Å². The molecule has 1 fully saturated rings. The Morgan fingerprint density at radius 2 is 1.71 bits per heavy atom. The fourth-order valence-electron chi connectivity index (χ4n) is 2.08. The molecule has 5 heteroatoms. The summed E-state index contributed by atoms with van der Waals surface area (Å²) in [7, 11) is 0. The number of nitrogens with zero attached hydrogens (tertiary/aromatic N) is 1. The molecular formula is C16H12N2O2S. The van der Waals surface area contributed by atoms with Crippen molar-refractivity contribution in [1.82, 2.24) is 5.32 Å². The van der Waals surface area contributed by atoms with Crippen LogP contribution < -0.4 is 10.2 Å². The molecule has 21 heavy (non-hydrogen) atoms. The summed E-state index contributed by atoms with van der Waals surface area (Å²) in [5.74, 6) is -0.0106. The summed E-state index contributed by atoms with van der Waals surface area (Å²) >= 11 is 5.23. The van der Waals surface area contributed by atoms with Crippen LogP contribution in [0.4, 0.5) is 5.69 Å². The highest BCUT2D eigenvalue weighted by atomic mass is 32.1. The highest BCUT2D eigenvalue weighted by Gasteiger charge is 2.31. The zero-order valence-corrected chi connectivity index (χ0v) is 11.8. The molecule has 4 nitrogen and oxygen atoms in total. The van der Waals surface area contributed by atoms with Crippen LogP contribution in [0, 0.1) is 0 Å². The van der Waals surface area contributed by atoms with Gasteiger partial charge in [0.15, 0.2) is 5.11 Å². The molecule has 3 rings (SSSR count). The predicted molar refractivity (Wildman–Crippen MR) is 85.7 cm³/mol. The molecule has 1 aliphatic heterocycles. The molecule has 0 saturated carbocycles. The smallest absolute Gasteiger partial charge is 0.281 e. The number of rotatable bonds is 2. The number of aromatic hydroxyl groups is 1. The van der Waals surface area contributed by atoms with E-state index >= 15 is 0 Å². The van der Waals surface area contributed by atoms with E-state index in [0.717, 1.165) is 11.3 Å². The van der Waals surface area contributed by atoms with Crippen molar-refractivity contribution in [3.8, 4) is 5.75 Å². The first-order valence-electron chi connectivity index (χ1n) is 6.36. The summed E-state index contributed by atoms with van der Waals surface area (Å²) < 4.78 is 0. The Kier molecular flexibility index (Phi) is 3.41. The average Bonchev–Trinajstić information content (AvgIpc) is 2.77. The van der Waals surface area contributed by atoms with Crippen LogP contribution in [0.5, 0.6) is 5.75 Å². The van der Waals surface area contributed by atoms with Gasteiger partial charge in [0.1, 0.15) is 11.4 Å². The molecule has 2 N–H and O–H groups in total. The lowest BCUT2D eigenvalue weighted by molar-refractivity contribution is -0.113. The van der Waals surface area contributed by atoms with Crippen molar-refractivity contribution in [2.75, 3.05) is 4.90 Å². The van der Waals surface area contributed by atoms with Gasteiger partial charge >= 0.3 is 0 Å². The molecule has 2 aromatic carbocycles. The van der Waals surface area contributed by atoms with E-state index in [1.54, 1.807) is 30.3 Å². The number of carbonyl (C=O) groups is 1. The Morgan fingerprint density at radius 3 is 2.38 bits per heavy atom. The Morgan fingerprint density at radius 1 is 1.05 bits per heavy atom. The topological polar surface area (TPSA) is 52.6 Å². The molecule has 0 atom stereocenters. The van der Waals surface area contributed by atoms with E-state index in [1.807, 2.05) is 30.3 Å². The third-order valence-corrected chi connectivity index (χ3v) is 3.38. The Bertz CT molecular complexity index is 724. The zero-order chi connectivity index (χ0) is 14.8. The van der Waals surface area contributed by atoms with Gasteiger partial charge in [0.25, 0.3) is 5.91 Å². The summed E-state index contributed by atoms with van der Waals surface area (Å²) in [5.41, 5.74) is 1.95. The maximum atomic E-state index is 12.4. The van der Waals surface area contributed by atoms with Crippen molar-refractivity contribution in [2.45, 2.75) is 0 Å². The Labute approximate surface area is 127 Å². The SMILES string of the molecule is O=C1/C(=C\c2ccc(O)cc2)NC(=S)N1c1ccccc1. The molecule has 0 spiro atoms. The second-order valence-electron chi connectivity index (χ2n) is 4.56.